The van der Waals surface area contributed by atoms with Gasteiger partial charge in [-0.3, -0.25) is 4.79 Å². The molecule has 0 aliphatic rings. The summed E-state index contributed by atoms with van der Waals surface area (Å²) in [5.74, 6) is 0.699. The minimum absolute atomic E-state index is 0.170. The predicted molar refractivity (Wildman–Crippen MR) is 107 cm³/mol. The van der Waals surface area contributed by atoms with Gasteiger partial charge in [0.25, 0.3) is 5.95 Å². The highest BCUT2D eigenvalue weighted by atomic mass is 16.1. The van der Waals surface area contributed by atoms with Crippen molar-refractivity contribution in [3.63, 3.8) is 0 Å². The molecule has 6 nitrogen and oxygen atoms in total. The molecule has 0 saturated carbocycles. The van der Waals surface area contributed by atoms with E-state index in [9.17, 15) is 4.79 Å². The number of anilines is 1. The minimum Gasteiger partial charge on any atom is -0.307 e. The van der Waals surface area contributed by atoms with Crippen LogP contribution >= 0.6 is 0 Å². The maximum atomic E-state index is 12.4. The molecule has 0 bridgehead atoms. The Morgan fingerprint density at radius 3 is 2.52 bits per heavy atom. The molecule has 1 N–H and O–H groups in total. The van der Waals surface area contributed by atoms with Gasteiger partial charge in [-0.25, -0.2) is 9.97 Å². The van der Waals surface area contributed by atoms with Crippen molar-refractivity contribution in [2.24, 2.45) is 0 Å². The van der Waals surface area contributed by atoms with Crippen LogP contribution in [0.5, 0.6) is 0 Å². The van der Waals surface area contributed by atoms with Crippen LogP contribution in [0, 0.1) is 6.92 Å². The van der Waals surface area contributed by atoms with Crippen LogP contribution in [0.3, 0.4) is 0 Å². The second-order valence-electron chi connectivity index (χ2n) is 7.36. The van der Waals surface area contributed by atoms with Crippen LogP contribution in [-0.4, -0.2) is 25.7 Å². The number of carbonyl (C=O) groups excluding carboxylic acids is 1. The minimum atomic E-state index is -0.242. The molecule has 0 radical (unpaired) electrons. The fourth-order valence-corrected chi connectivity index (χ4v) is 2.50. The van der Waals surface area contributed by atoms with Gasteiger partial charge >= 0.3 is 0 Å². The Morgan fingerprint density at radius 2 is 1.85 bits per heavy atom. The van der Waals surface area contributed by atoms with Crippen LogP contribution < -0.4 is 5.32 Å². The van der Waals surface area contributed by atoms with Crippen molar-refractivity contribution in [3.05, 3.63) is 71.7 Å². The highest BCUT2D eigenvalue weighted by Gasteiger charge is 2.21. The number of nitrogens with one attached hydrogen (secondary N) is 1. The number of benzene rings is 1. The summed E-state index contributed by atoms with van der Waals surface area (Å²) < 4.78 is 1.55. The van der Waals surface area contributed by atoms with Crippen molar-refractivity contribution in [3.8, 4) is 5.95 Å². The van der Waals surface area contributed by atoms with Crippen molar-refractivity contribution in [2.45, 2.75) is 33.1 Å². The van der Waals surface area contributed by atoms with E-state index < -0.39 is 0 Å². The van der Waals surface area contributed by atoms with E-state index in [0.717, 1.165) is 16.8 Å². The average Bonchev–Trinajstić information content (AvgIpc) is 3.05. The Labute approximate surface area is 159 Å². The third-order valence-electron chi connectivity index (χ3n) is 3.94. The molecule has 27 heavy (non-hydrogen) atoms. The quantitative estimate of drug-likeness (QED) is 0.715. The van der Waals surface area contributed by atoms with E-state index in [-0.39, 0.29) is 11.3 Å². The lowest BCUT2D eigenvalue weighted by molar-refractivity contribution is -0.111. The van der Waals surface area contributed by atoms with E-state index >= 15 is 0 Å². The molecular formula is C21H23N5O. The SMILES string of the molecule is Cc1cccc(/C=C/C(=O)Nc2cc(C(C)(C)C)nn2-c2ncccn2)c1. The Hall–Kier alpha value is -3.28. The third kappa shape index (κ3) is 4.67. The number of hydrogen-bond donors (Lipinski definition) is 1. The van der Waals surface area contributed by atoms with Crippen LogP contribution in [-0.2, 0) is 10.2 Å². The fraction of sp³-hybridized carbons (Fsp3) is 0.238. The Morgan fingerprint density at radius 1 is 1.11 bits per heavy atom. The van der Waals surface area contributed by atoms with Gasteiger partial charge in [-0.1, -0.05) is 50.6 Å². The number of nitrogens with zero attached hydrogens (tertiary/aromatic N) is 4. The van der Waals surface area contributed by atoms with E-state index in [0.29, 0.717) is 11.8 Å². The summed E-state index contributed by atoms with van der Waals surface area (Å²) in [7, 11) is 0. The van der Waals surface area contributed by atoms with E-state index in [2.05, 4.69) is 41.2 Å². The van der Waals surface area contributed by atoms with Crippen LogP contribution in [0.15, 0.2) is 54.9 Å². The monoisotopic (exact) mass is 361 g/mol. The molecule has 2 aromatic heterocycles. The molecule has 6 heteroatoms. The fourth-order valence-electron chi connectivity index (χ4n) is 2.50. The number of aryl methyl sites for hydroxylation is 1. The summed E-state index contributed by atoms with van der Waals surface area (Å²) in [5, 5.41) is 7.47. The van der Waals surface area contributed by atoms with E-state index in [1.54, 1.807) is 29.2 Å². The summed E-state index contributed by atoms with van der Waals surface area (Å²) in [6.07, 6.45) is 6.58. The van der Waals surface area contributed by atoms with Gasteiger partial charge in [0.1, 0.15) is 5.82 Å². The van der Waals surface area contributed by atoms with Gasteiger partial charge in [-0.15, -0.1) is 0 Å². The molecule has 3 rings (SSSR count). The molecule has 2 heterocycles. The van der Waals surface area contributed by atoms with Crippen LogP contribution in [0.25, 0.3) is 12.0 Å². The first-order valence-electron chi connectivity index (χ1n) is 8.76. The van der Waals surface area contributed by atoms with Crippen LogP contribution in [0.1, 0.15) is 37.6 Å². The molecular weight excluding hydrogens is 338 g/mol. The van der Waals surface area contributed by atoms with Crippen molar-refractivity contribution in [1.29, 1.82) is 0 Å². The topological polar surface area (TPSA) is 72.7 Å². The first-order valence-corrected chi connectivity index (χ1v) is 8.76. The van der Waals surface area contributed by atoms with Crippen molar-refractivity contribution < 1.29 is 4.79 Å². The zero-order valence-corrected chi connectivity index (χ0v) is 16.0. The molecule has 0 atom stereocenters. The number of aromatic nitrogens is 4. The standard InChI is InChI=1S/C21H23N5O/c1-15-7-5-8-16(13-15)9-10-19(27)24-18-14-17(21(2,3)4)25-26(18)20-22-11-6-12-23-20/h5-14H,1-4H3,(H,24,27)/b10-9+. The molecule has 0 unspecified atom stereocenters. The van der Waals surface area contributed by atoms with Gasteiger partial charge in [0.05, 0.1) is 5.69 Å². The molecule has 3 aromatic rings. The number of carbonyl (C=O) groups is 1. The van der Waals surface area contributed by atoms with Gasteiger partial charge in [0.2, 0.25) is 5.91 Å². The van der Waals surface area contributed by atoms with Gasteiger partial charge in [0, 0.05) is 30.0 Å². The van der Waals surface area contributed by atoms with Gasteiger partial charge in [-0.2, -0.15) is 9.78 Å². The first kappa shape index (κ1) is 18.5. The van der Waals surface area contributed by atoms with Gasteiger partial charge in [0.15, 0.2) is 0 Å². The summed E-state index contributed by atoms with van der Waals surface area (Å²) in [6, 6.07) is 11.5. The van der Waals surface area contributed by atoms with E-state index in [1.165, 1.54) is 6.08 Å². The molecule has 138 valence electrons. The normalized spacial score (nSPS) is 11.7. The number of hydrogen-bond acceptors (Lipinski definition) is 4. The smallest absolute Gasteiger partial charge is 0.252 e. The Kier molecular flexibility index (Phi) is 5.16. The van der Waals surface area contributed by atoms with Crippen LogP contribution in [0.4, 0.5) is 5.82 Å². The van der Waals surface area contributed by atoms with Crippen molar-refractivity contribution in [2.75, 3.05) is 5.32 Å². The predicted octanol–water partition coefficient (Wildman–Crippen LogP) is 3.92. The highest BCUT2D eigenvalue weighted by Crippen LogP contribution is 2.25. The molecule has 0 aliphatic carbocycles. The zero-order valence-electron chi connectivity index (χ0n) is 16.0. The lowest BCUT2D eigenvalue weighted by Crippen LogP contribution is -2.14. The molecule has 0 aliphatic heterocycles. The highest BCUT2D eigenvalue weighted by molar-refractivity contribution is 6.01. The van der Waals surface area contributed by atoms with Crippen molar-refractivity contribution >= 4 is 17.8 Å². The molecule has 0 saturated heterocycles. The average molecular weight is 361 g/mol. The van der Waals surface area contributed by atoms with E-state index in [1.807, 2.05) is 37.3 Å². The summed E-state index contributed by atoms with van der Waals surface area (Å²) >= 11 is 0. The largest absolute Gasteiger partial charge is 0.307 e. The van der Waals surface area contributed by atoms with E-state index in [4.69, 9.17) is 0 Å². The summed E-state index contributed by atoms with van der Waals surface area (Å²) in [6.45, 7) is 8.21. The van der Waals surface area contributed by atoms with Gasteiger partial charge in [-0.05, 0) is 24.6 Å². The second kappa shape index (κ2) is 7.53. The lowest BCUT2D eigenvalue weighted by atomic mass is 9.92. The third-order valence-corrected chi connectivity index (χ3v) is 3.94. The Bertz CT molecular complexity index is 968. The second-order valence-corrected chi connectivity index (χ2v) is 7.36. The maximum absolute atomic E-state index is 12.4. The van der Waals surface area contributed by atoms with Gasteiger partial charge < -0.3 is 5.32 Å². The zero-order chi connectivity index (χ0) is 19.4. The molecule has 0 spiro atoms. The molecule has 0 fully saturated rings. The van der Waals surface area contributed by atoms with Crippen LogP contribution in [0.2, 0.25) is 0 Å². The molecule has 1 aromatic carbocycles. The number of amides is 1. The van der Waals surface area contributed by atoms with Crippen molar-refractivity contribution in [1.82, 2.24) is 19.7 Å². The maximum Gasteiger partial charge on any atom is 0.252 e. The Balaban J connectivity index is 1.87. The first-order chi connectivity index (χ1) is 12.8. The number of rotatable bonds is 4. The summed E-state index contributed by atoms with van der Waals surface area (Å²) in [5.41, 5.74) is 2.79. The lowest BCUT2D eigenvalue weighted by Gasteiger charge is -2.13. The molecule has 1 amide bonds. The summed E-state index contributed by atoms with van der Waals surface area (Å²) in [4.78, 5) is 20.9.